The number of nitrogens with one attached hydrogen (secondary N) is 1. The molecule has 0 amide bonds. The Labute approximate surface area is 121 Å². The molecular weight excluding hydrogens is 272 g/mol. The first-order valence-electron chi connectivity index (χ1n) is 6.62. The molecule has 0 saturated heterocycles. The van der Waals surface area contributed by atoms with Crippen molar-refractivity contribution in [3.05, 3.63) is 36.0 Å². The first kappa shape index (κ1) is 13.4. The van der Waals surface area contributed by atoms with Crippen LogP contribution in [-0.2, 0) is 11.0 Å². The van der Waals surface area contributed by atoms with Crippen LogP contribution in [-0.4, -0.2) is 40.0 Å². The van der Waals surface area contributed by atoms with Gasteiger partial charge in [0, 0.05) is 42.0 Å². The molecule has 1 atom stereocenters. The van der Waals surface area contributed by atoms with Gasteiger partial charge in [0.15, 0.2) is 0 Å². The Kier molecular flexibility index (Phi) is 3.63. The van der Waals surface area contributed by atoms with Crippen molar-refractivity contribution in [3.8, 4) is 5.75 Å². The summed E-state index contributed by atoms with van der Waals surface area (Å²) in [6.45, 7) is 1.58. The van der Waals surface area contributed by atoms with Gasteiger partial charge in [0.2, 0.25) is 0 Å². The Balaban J connectivity index is 1.96. The summed E-state index contributed by atoms with van der Waals surface area (Å²) < 4.78 is 18.7. The van der Waals surface area contributed by atoms with Crippen LogP contribution in [0.4, 0.5) is 0 Å². The summed E-state index contributed by atoms with van der Waals surface area (Å²) in [6.07, 6.45) is 6.88. The van der Waals surface area contributed by atoms with Crippen LogP contribution in [0.3, 0.4) is 0 Å². The normalized spacial score (nSPS) is 18.0. The molecule has 4 nitrogen and oxygen atoms in total. The summed E-state index contributed by atoms with van der Waals surface area (Å²) in [6, 6.07) is 6.06. The van der Waals surface area contributed by atoms with Crippen molar-refractivity contribution < 1.29 is 8.95 Å². The molecule has 1 N–H and O–H groups in total. The topological polar surface area (TPSA) is 45.3 Å². The molecule has 1 unspecified atom stereocenters. The fourth-order valence-corrected chi connectivity index (χ4v) is 3.25. The van der Waals surface area contributed by atoms with E-state index in [1.54, 1.807) is 13.4 Å². The second-order valence-corrected chi connectivity index (χ2v) is 6.27. The molecule has 3 rings (SSSR count). The van der Waals surface area contributed by atoms with Gasteiger partial charge in [-0.15, -0.1) is 0 Å². The Bertz CT molecular complexity index is 690. The van der Waals surface area contributed by atoms with Gasteiger partial charge in [-0.3, -0.25) is 0 Å². The molecule has 106 valence electrons. The number of hydrogen-bond donors (Lipinski definition) is 1. The first-order valence-corrected chi connectivity index (χ1v) is 8.13. The van der Waals surface area contributed by atoms with E-state index < -0.39 is 11.0 Å². The van der Waals surface area contributed by atoms with Gasteiger partial charge < -0.3 is 9.72 Å². The minimum Gasteiger partial charge on any atom is -0.497 e. The zero-order valence-electron chi connectivity index (χ0n) is 11.7. The lowest BCUT2D eigenvalue weighted by Crippen LogP contribution is -2.29. The molecule has 1 aromatic heterocycles. The third-order valence-electron chi connectivity index (χ3n) is 3.77. The van der Waals surface area contributed by atoms with Crippen LogP contribution in [0.5, 0.6) is 5.75 Å². The molecule has 2 heterocycles. The van der Waals surface area contributed by atoms with Gasteiger partial charge in [0.1, 0.15) is 5.75 Å². The lowest BCUT2D eigenvalue weighted by atomic mass is 9.99. The molecule has 20 heavy (non-hydrogen) atoms. The van der Waals surface area contributed by atoms with Crippen molar-refractivity contribution >= 4 is 27.5 Å². The number of aromatic nitrogens is 1. The summed E-state index contributed by atoms with van der Waals surface area (Å²) in [5, 5.41) is 1.18. The standard InChI is InChI=1S/C15H18N2O2S/c1-19-12-3-4-15-13(9-12)14(10-16-15)11-5-7-17(8-6-11)20(2)18/h3-5,9-10,16H,6-8H2,1-2H3. The van der Waals surface area contributed by atoms with E-state index in [0.717, 1.165) is 30.8 Å². The zero-order chi connectivity index (χ0) is 14.1. The van der Waals surface area contributed by atoms with Crippen LogP contribution in [0.2, 0.25) is 0 Å². The highest BCUT2D eigenvalue weighted by Gasteiger charge is 2.17. The maximum Gasteiger partial charge on any atom is 0.119 e. The third-order valence-corrected chi connectivity index (χ3v) is 4.83. The molecule has 0 spiro atoms. The Morgan fingerprint density at radius 1 is 1.40 bits per heavy atom. The molecule has 1 aromatic carbocycles. The summed E-state index contributed by atoms with van der Waals surface area (Å²) in [5.41, 5.74) is 3.65. The van der Waals surface area contributed by atoms with Gasteiger partial charge in [0.05, 0.1) is 18.1 Å². The second-order valence-electron chi connectivity index (χ2n) is 4.90. The van der Waals surface area contributed by atoms with Crippen molar-refractivity contribution in [2.45, 2.75) is 6.42 Å². The van der Waals surface area contributed by atoms with Gasteiger partial charge in [-0.25, -0.2) is 8.51 Å². The van der Waals surface area contributed by atoms with Gasteiger partial charge in [0.25, 0.3) is 0 Å². The monoisotopic (exact) mass is 290 g/mol. The maximum atomic E-state index is 11.5. The number of aromatic amines is 1. The van der Waals surface area contributed by atoms with E-state index in [9.17, 15) is 4.21 Å². The van der Waals surface area contributed by atoms with E-state index in [-0.39, 0.29) is 0 Å². The lowest BCUT2D eigenvalue weighted by Gasteiger charge is -2.23. The summed E-state index contributed by atoms with van der Waals surface area (Å²) >= 11 is 0. The second kappa shape index (κ2) is 5.42. The highest BCUT2D eigenvalue weighted by molar-refractivity contribution is 7.81. The fraction of sp³-hybridized carbons (Fsp3) is 0.333. The molecule has 5 heteroatoms. The third kappa shape index (κ3) is 2.39. The van der Waals surface area contributed by atoms with E-state index >= 15 is 0 Å². The average Bonchev–Trinajstić information content (AvgIpc) is 2.90. The zero-order valence-corrected chi connectivity index (χ0v) is 12.5. The number of methoxy groups -OCH3 is 1. The minimum atomic E-state index is -0.885. The Morgan fingerprint density at radius 2 is 2.25 bits per heavy atom. The predicted molar refractivity (Wildman–Crippen MR) is 83.1 cm³/mol. The van der Waals surface area contributed by atoms with E-state index in [4.69, 9.17) is 4.74 Å². The summed E-state index contributed by atoms with van der Waals surface area (Å²) in [7, 11) is 0.797. The maximum absolute atomic E-state index is 11.5. The highest BCUT2D eigenvalue weighted by Crippen LogP contribution is 2.31. The quantitative estimate of drug-likeness (QED) is 0.944. The number of ether oxygens (including phenoxy) is 1. The Morgan fingerprint density at radius 3 is 2.90 bits per heavy atom. The SMILES string of the molecule is COc1ccc2[nH]cc(C3=CCN(S(C)=O)CC3)c2c1. The van der Waals surface area contributed by atoms with Crippen molar-refractivity contribution in [2.75, 3.05) is 26.5 Å². The molecule has 0 saturated carbocycles. The first-order chi connectivity index (χ1) is 9.69. The van der Waals surface area contributed by atoms with E-state index in [1.165, 1.54) is 16.5 Å². The van der Waals surface area contributed by atoms with Crippen LogP contribution in [0.25, 0.3) is 16.5 Å². The van der Waals surface area contributed by atoms with Crippen LogP contribution in [0, 0.1) is 0 Å². The smallest absolute Gasteiger partial charge is 0.119 e. The van der Waals surface area contributed by atoms with Gasteiger partial charge in [-0.1, -0.05) is 6.08 Å². The van der Waals surface area contributed by atoms with Gasteiger partial charge in [-0.05, 0) is 30.2 Å². The molecule has 0 bridgehead atoms. The van der Waals surface area contributed by atoms with Crippen molar-refractivity contribution in [3.63, 3.8) is 0 Å². The predicted octanol–water partition coefficient (Wildman–Crippen LogP) is 2.56. The number of rotatable bonds is 3. The highest BCUT2D eigenvalue weighted by atomic mass is 32.2. The molecule has 0 aliphatic carbocycles. The molecule has 1 aliphatic rings. The van der Waals surface area contributed by atoms with Crippen LogP contribution in [0.1, 0.15) is 12.0 Å². The number of benzene rings is 1. The van der Waals surface area contributed by atoms with E-state index in [0.29, 0.717) is 0 Å². The van der Waals surface area contributed by atoms with Crippen LogP contribution in [0.15, 0.2) is 30.5 Å². The van der Waals surface area contributed by atoms with Gasteiger partial charge >= 0.3 is 0 Å². The van der Waals surface area contributed by atoms with Crippen molar-refractivity contribution in [1.82, 2.24) is 9.29 Å². The number of nitrogens with zero attached hydrogens (tertiary/aromatic N) is 1. The molecule has 1 aliphatic heterocycles. The number of hydrogen-bond acceptors (Lipinski definition) is 2. The molecule has 0 fully saturated rings. The fourth-order valence-electron chi connectivity index (χ4n) is 2.62. The van der Waals surface area contributed by atoms with Gasteiger partial charge in [-0.2, -0.15) is 0 Å². The van der Waals surface area contributed by atoms with Crippen LogP contribution >= 0.6 is 0 Å². The molecule has 2 aromatic rings. The van der Waals surface area contributed by atoms with E-state index in [2.05, 4.69) is 23.3 Å². The number of fused-ring (bicyclic) bond motifs is 1. The van der Waals surface area contributed by atoms with E-state index in [1.807, 2.05) is 16.4 Å². The summed E-state index contributed by atoms with van der Waals surface area (Å²) in [5.74, 6) is 0.867. The van der Waals surface area contributed by atoms with Crippen molar-refractivity contribution in [1.29, 1.82) is 0 Å². The van der Waals surface area contributed by atoms with Crippen LogP contribution < -0.4 is 4.74 Å². The molecule has 0 radical (unpaired) electrons. The number of H-pyrrole nitrogens is 1. The minimum absolute atomic E-state index is 0.745. The average molecular weight is 290 g/mol. The summed E-state index contributed by atoms with van der Waals surface area (Å²) in [4.78, 5) is 3.30. The lowest BCUT2D eigenvalue weighted by molar-refractivity contribution is 0.415. The largest absolute Gasteiger partial charge is 0.497 e. The Hall–Kier alpha value is -1.59. The van der Waals surface area contributed by atoms with Crippen molar-refractivity contribution in [2.24, 2.45) is 0 Å². The molecular formula is C15H18N2O2S.